The van der Waals surface area contributed by atoms with E-state index in [0.29, 0.717) is 37.0 Å². The second-order valence-corrected chi connectivity index (χ2v) is 7.09. The lowest BCUT2D eigenvalue weighted by atomic mass is 10.2. The standard InChI is InChI=1S/C22H23NO4S/c1-3-23(22(24)11-9-18-6-4-12-26-18)15-17-8-10-20(21(14-17)25-2)27-16-19-7-5-13-28-19/h4-14H,3,15-16H2,1-2H3. The molecule has 0 spiro atoms. The number of amides is 1. The van der Waals surface area contributed by atoms with E-state index in [-0.39, 0.29) is 5.91 Å². The van der Waals surface area contributed by atoms with E-state index in [9.17, 15) is 4.79 Å². The van der Waals surface area contributed by atoms with Crippen molar-refractivity contribution in [2.75, 3.05) is 13.7 Å². The highest BCUT2D eigenvalue weighted by Gasteiger charge is 2.12. The zero-order chi connectivity index (χ0) is 19.8. The van der Waals surface area contributed by atoms with E-state index in [1.807, 2.05) is 42.6 Å². The van der Waals surface area contributed by atoms with Crippen LogP contribution in [-0.4, -0.2) is 24.5 Å². The summed E-state index contributed by atoms with van der Waals surface area (Å²) in [5.41, 5.74) is 0.974. The van der Waals surface area contributed by atoms with Crippen LogP contribution < -0.4 is 9.47 Å². The first-order valence-electron chi connectivity index (χ1n) is 9.02. The Morgan fingerprint density at radius 1 is 1.21 bits per heavy atom. The molecular formula is C22H23NO4S. The second kappa shape index (κ2) is 9.80. The molecule has 5 nitrogen and oxygen atoms in total. The predicted octanol–water partition coefficient (Wildman–Crippen LogP) is 4.99. The van der Waals surface area contributed by atoms with Gasteiger partial charge in [0.1, 0.15) is 12.4 Å². The lowest BCUT2D eigenvalue weighted by Gasteiger charge is -2.20. The number of thiophene rings is 1. The van der Waals surface area contributed by atoms with Gasteiger partial charge in [0.15, 0.2) is 11.5 Å². The van der Waals surface area contributed by atoms with Gasteiger partial charge in [-0.05, 0) is 54.3 Å². The van der Waals surface area contributed by atoms with E-state index in [1.165, 1.54) is 6.08 Å². The minimum absolute atomic E-state index is 0.0733. The highest BCUT2D eigenvalue weighted by molar-refractivity contribution is 7.09. The van der Waals surface area contributed by atoms with Crippen molar-refractivity contribution < 1.29 is 18.7 Å². The van der Waals surface area contributed by atoms with Gasteiger partial charge in [-0.15, -0.1) is 11.3 Å². The van der Waals surface area contributed by atoms with Gasteiger partial charge in [0.25, 0.3) is 0 Å². The summed E-state index contributed by atoms with van der Waals surface area (Å²) in [4.78, 5) is 15.4. The van der Waals surface area contributed by atoms with E-state index in [0.717, 1.165) is 10.4 Å². The molecule has 0 aliphatic carbocycles. The van der Waals surface area contributed by atoms with Crippen LogP contribution in [0, 0.1) is 0 Å². The summed E-state index contributed by atoms with van der Waals surface area (Å²) in [6.07, 6.45) is 4.78. The SMILES string of the molecule is CCN(Cc1ccc(OCc2cccs2)c(OC)c1)C(=O)C=Cc1ccco1. The number of hydrogen-bond donors (Lipinski definition) is 0. The lowest BCUT2D eigenvalue weighted by molar-refractivity contribution is -0.126. The predicted molar refractivity (Wildman–Crippen MR) is 110 cm³/mol. The maximum atomic E-state index is 12.5. The molecule has 0 saturated heterocycles. The zero-order valence-corrected chi connectivity index (χ0v) is 16.8. The number of hydrogen-bond acceptors (Lipinski definition) is 5. The summed E-state index contributed by atoms with van der Waals surface area (Å²) >= 11 is 1.65. The van der Waals surface area contributed by atoms with E-state index in [2.05, 4.69) is 0 Å². The summed E-state index contributed by atoms with van der Waals surface area (Å²) in [6, 6.07) is 13.4. The van der Waals surface area contributed by atoms with Crippen molar-refractivity contribution >= 4 is 23.3 Å². The van der Waals surface area contributed by atoms with Gasteiger partial charge in [-0.2, -0.15) is 0 Å². The van der Waals surface area contributed by atoms with Crippen LogP contribution in [0.1, 0.15) is 23.1 Å². The summed E-state index contributed by atoms with van der Waals surface area (Å²) in [7, 11) is 1.62. The van der Waals surface area contributed by atoms with Gasteiger partial charge >= 0.3 is 0 Å². The molecular weight excluding hydrogens is 374 g/mol. The van der Waals surface area contributed by atoms with E-state index < -0.39 is 0 Å². The molecule has 0 unspecified atom stereocenters. The maximum absolute atomic E-state index is 12.5. The van der Waals surface area contributed by atoms with Crippen LogP contribution in [0.25, 0.3) is 6.08 Å². The molecule has 0 bridgehead atoms. The van der Waals surface area contributed by atoms with Crippen LogP contribution in [0.2, 0.25) is 0 Å². The largest absolute Gasteiger partial charge is 0.493 e. The van der Waals surface area contributed by atoms with Crippen LogP contribution in [0.3, 0.4) is 0 Å². The number of furan rings is 1. The van der Waals surface area contributed by atoms with Gasteiger partial charge in [0, 0.05) is 24.0 Å². The summed E-state index contributed by atoms with van der Waals surface area (Å²) < 4.78 is 16.6. The second-order valence-electron chi connectivity index (χ2n) is 6.05. The molecule has 0 atom stereocenters. The van der Waals surface area contributed by atoms with Gasteiger partial charge in [0.05, 0.1) is 13.4 Å². The summed E-state index contributed by atoms with van der Waals surface area (Å²) in [5.74, 6) is 1.92. The fourth-order valence-corrected chi connectivity index (χ4v) is 3.30. The van der Waals surface area contributed by atoms with E-state index in [1.54, 1.807) is 47.8 Å². The van der Waals surface area contributed by atoms with Gasteiger partial charge in [-0.25, -0.2) is 0 Å². The third-order valence-corrected chi connectivity index (χ3v) is 5.03. The highest BCUT2D eigenvalue weighted by atomic mass is 32.1. The number of carbonyl (C=O) groups excluding carboxylic acids is 1. The number of benzene rings is 1. The molecule has 0 aliphatic heterocycles. The minimum Gasteiger partial charge on any atom is -0.493 e. The number of nitrogens with zero attached hydrogens (tertiary/aromatic N) is 1. The molecule has 1 aromatic carbocycles. The normalized spacial score (nSPS) is 10.9. The van der Waals surface area contributed by atoms with Gasteiger partial charge in [0.2, 0.25) is 5.91 Å². The molecule has 0 fully saturated rings. The molecule has 2 heterocycles. The van der Waals surface area contributed by atoms with Crippen molar-refractivity contribution in [2.45, 2.75) is 20.1 Å². The third kappa shape index (κ3) is 5.27. The Morgan fingerprint density at radius 3 is 2.79 bits per heavy atom. The van der Waals surface area contributed by atoms with Gasteiger partial charge < -0.3 is 18.8 Å². The fraction of sp³-hybridized carbons (Fsp3) is 0.227. The minimum atomic E-state index is -0.0733. The lowest BCUT2D eigenvalue weighted by Crippen LogP contribution is -2.28. The summed E-state index contributed by atoms with van der Waals surface area (Å²) in [5, 5.41) is 2.02. The smallest absolute Gasteiger partial charge is 0.246 e. The molecule has 0 aliphatic rings. The van der Waals surface area contributed by atoms with Crippen molar-refractivity contribution in [1.82, 2.24) is 4.90 Å². The van der Waals surface area contributed by atoms with Crippen molar-refractivity contribution in [2.24, 2.45) is 0 Å². The molecule has 28 heavy (non-hydrogen) atoms. The first kappa shape index (κ1) is 19.8. The van der Waals surface area contributed by atoms with E-state index >= 15 is 0 Å². The molecule has 3 rings (SSSR count). The Labute approximate surface area is 168 Å². The van der Waals surface area contributed by atoms with Gasteiger partial charge in [-0.1, -0.05) is 12.1 Å². The Balaban J connectivity index is 1.65. The van der Waals surface area contributed by atoms with Gasteiger partial charge in [-0.3, -0.25) is 4.79 Å². The van der Waals surface area contributed by atoms with Crippen LogP contribution in [0.5, 0.6) is 11.5 Å². The zero-order valence-electron chi connectivity index (χ0n) is 16.0. The van der Waals surface area contributed by atoms with E-state index in [4.69, 9.17) is 13.9 Å². The van der Waals surface area contributed by atoms with Crippen molar-refractivity contribution in [1.29, 1.82) is 0 Å². The molecule has 0 saturated carbocycles. The molecule has 2 aromatic heterocycles. The van der Waals surface area contributed by atoms with Crippen LogP contribution in [0.15, 0.2) is 64.6 Å². The monoisotopic (exact) mass is 397 g/mol. The highest BCUT2D eigenvalue weighted by Crippen LogP contribution is 2.29. The molecule has 0 N–H and O–H groups in total. The van der Waals surface area contributed by atoms with Crippen molar-refractivity contribution in [3.63, 3.8) is 0 Å². The Kier molecular flexibility index (Phi) is 6.92. The van der Waals surface area contributed by atoms with Crippen molar-refractivity contribution in [3.05, 3.63) is 76.4 Å². The van der Waals surface area contributed by atoms with Crippen molar-refractivity contribution in [3.8, 4) is 11.5 Å². The maximum Gasteiger partial charge on any atom is 0.246 e. The number of rotatable bonds is 9. The fourth-order valence-electron chi connectivity index (χ4n) is 2.68. The first-order chi connectivity index (χ1) is 13.7. The number of likely N-dealkylation sites (N-methyl/N-ethyl adjacent to an activating group) is 1. The molecule has 1 amide bonds. The molecule has 0 radical (unpaired) electrons. The topological polar surface area (TPSA) is 51.9 Å². The molecule has 146 valence electrons. The third-order valence-electron chi connectivity index (χ3n) is 4.18. The van der Waals surface area contributed by atoms with Crippen LogP contribution in [-0.2, 0) is 17.9 Å². The summed E-state index contributed by atoms with van der Waals surface area (Å²) in [6.45, 7) is 3.54. The number of ether oxygens (including phenoxy) is 2. The van der Waals surface area contributed by atoms with Crippen LogP contribution in [0.4, 0.5) is 0 Å². The number of carbonyl (C=O) groups is 1. The first-order valence-corrected chi connectivity index (χ1v) is 9.90. The molecule has 6 heteroatoms. The average Bonchev–Trinajstić information content (AvgIpc) is 3.43. The quantitative estimate of drug-likeness (QED) is 0.477. The Hall–Kier alpha value is -2.99. The Bertz CT molecular complexity index is 901. The Morgan fingerprint density at radius 2 is 2.11 bits per heavy atom. The average molecular weight is 397 g/mol. The number of methoxy groups -OCH3 is 1. The molecule has 3 aromatic rings. The van der Waals surface area contributed by atoms with Crippen LogP contribution >= 0.6 is 11.3 Å².